The summed E-state index contributed by atoms with van der Waals surface area (Å²) >= 11 is 0. The van der Waals surface area contributed by atoms with Gasteiger partial charge in [-0.2, -0.15) is 0 Å². The molecule has 1 aromatic heterocycles. The summed E-state index contributed by atoms with van der Waals surface area (Å²) in [6.07, 6.45) is 4.26. The van der Waals surface area contributed by atoms with Crippen LogP contribution >= 0.6 is 0 Å². The second-order valence-electron chi connectivity index (χ2n) is 6.87. The van der Waals surface area contributed by atoms with Crippen molar-refractivity contribution in [3.8, 4) is 0 Å². The summed E-state index contributed by atoms with van der Waals surface area (Å²) in [6.45, 7) is 12.1. The molecule has 1 unspecified atom stereocenters. The van der Waals surface area contributed by atoms with Crippen molar-refractivity contribution in [1.29, 1.82) is 0 Å². The van der Waals surface area contributed by atoms with Gasteiger partial charge in [0.1, 0.15) is 18.0 Å². The Hall–Kier alpha value is -1.32. The topological polar surface area (TPSA) is 41.0 Å². The zero-order valence-electron chi connectivity index (χ0n) is 12.6. The van der Waals surface area contributed by atoms with Crippen LogP contribution in [0.15, 0.2) is 12.4 Å². The molecule has 1 saturated heterocycles. The highest BCUT2D eigenvalue weighted by molar-refractivity contribution is 5.48. The number of hydrogen-bond donors (Lipinski definition) is 1. The van der Waals surface area contributed by atoms with Crippen LogP contribution in [-0.2, 0) is 0 Å². The van der Waals surface area contributed by atoms with Crippen molar-refractivity contribution in [2.45, 2.75) is 40.5 Å². The SMILES string of the molecule is CC1CCCN(c2cc(NCC(C)(C)C)ncn2)C1. The lowest BCUT2D eigenvalue weighted by Gasteiger charge is -2.32. The monoisotopic (exact) mass is 262 g/mol. The average Bonchev–Trinajstić information content (AvgIpc) is 2.36. The molecule has 1 atom stereocenters. The number of rotatable bonds is 3. The van der Waals surface area contributed by atoms with Crippen LogP contribution in [0, 0.1) is 11.3 Å². The number of aromatic nitrogens is 2. The molecular formula is C15H26N4. The van der Waals surface area contributed by atoms with Crippen molar-refractivity contribution in [2.24, 2.45) is 11.3 Å². The van der Waals surface area contributed by atoms with Gasteiger partial charge in [-0.15, -0.1) is 0 Å². The van der Waals surface area contributed by atoms with E-state index in [4.69, 9.17) is 0 Å². The minimum Gasteiger partial charge on any atom is -0.369 e. The van der Waals surface area contributed by atoms with Crippen molar-refractivity contribution in [3.63, 3.8) is 0 Å². The van der Waals surface area contributed by atoms with Crippen LogP contribution in [0.5, 0.6) is 0 Å². The predicted octanol–water partition coefficient (Wildman–Crippen LogP) is 3.17. The molecule has 1 aliphatic heterocycles. The van der Waals surface area contributed by atoms with E-state index in [1.807, 2.05) is 0 Å². The van der Waals surface area contributed by atoms with Crippen LogP contribution in [0.2, 0.25) is 0 Å². The van der Waals surface area contributed by atoms with Gasteiger partial charge in [-0.1, -0.05) is 27.7 Å². The summed E-state index contributed by atoms with van der Waals surface area (Å²) in [4.78, 5) is 11.1. The summed E-state index contributed by atoms with van der Waals surface area (Å²) in [5.74, 6) is 2.74. The molecule has 0 saturated carbocycles. The summed E-state index contributed by atoms with van der Waals surface area (Å²) < 4.78 is 0. The molecule has 19 heavy (non-hydrogen) atoms. The summed E-state index contributed by atoms with van der Waals surface area (Å²) in [7, 11) is 0. The Morgan fingerprint density at radius 2 is 2.16 bits per heavy atom. The van der Waals surface area contributed by atoms with Crippen molar-refractivity contribution >= 4 is 11.6 Å². The summed E-state index contributed by atoms with van der Waals surface area (Å²) in [5, 5.41) is 3.40. The van der Waals surface area contributed by atoms with Gasteiger partial charge in [0, 0.05) is 25.7 Å². The molecule has 0 bridgehead atoms. The van der Waals surface area contributed by atoms with Crippen LogP contribution in [0.4, 0.5) is 11.6 Å². The Morgan fingerprint density at radius 1 is 1.37 bits per heavy atom. The van der Waals surface area contributed by atoms with Gasteiger partial charge >= 0.3 is 0 Å². The van der Waals surface area contributed by atoms with Gasteiger partial charge in [0.25, 0.3) is 0 Å². The number of piperidine rings is 1. The molecule has 1 fully saturated rings. The van der Waals surface area contributed by atoms with Crippen molar-refractivity contribution < 1.29 is 0 Å². The van der Waals surface area contributed by atoms with Gasteiger partial charge in [-0.3, -0.25) is 0 Å². The Kier molecular flexibility index (Phi) is 4.27. The minimum absolute atomic E-state index is 0.255. The zero-order valence-corrected chi connectivity index (χ0v) is 12.6. The first-order valence-corrected chi connectivity index (χ1v) is 7.25. The number of nitrogens with one attached hydrogen (secondary N) is 1. The van der Waals surface area contributed by atoms with E-state index in [0.717, 1.165) is 37.2 Å². The standard InChI is InChI=1S/C15H26N4/c1-12-6-5-7-19(9-12)14-8-13(17-11-18-14)16-10-15(2,3)4/h8,11-12H,5-7,9-10H2,1-4H3,(H,16,17,18). The first-order valence-electron chi connectivity index (χ1n) is 7.25. The quantitative estimate of drug-likeness (QED) is 0.908. The molecule has 106 valence electrons. The molecule has 1 aliphatic rings. The maximum atomic E-state index is 4.42. The lowest BCUT2D eigenvalue weighted by Crippen LogP contribution is -2.34. The third-order valence-corrected chi connectivity index (χ3v) is 3.43. The van der Waals surface area contributed by atoms with Crippen molar-refractivity contribution in [3.05, 3.63) is 12.4 Å². The summed E-state index contributed by atoms with van der Waals surface area (Å²) in [5.41, 5.74) is 0.255. The Bertz CT molecular complexity index is 411. The Balaban J connectivity index is 2.02. The Morgan fingerprint density at radius 3 is 2.84 bits per heavy atom. The fourth-order valence-electron chi connectivity index (χ4n) is 2.37. The van der Waals surface area contributed by atoms with E-state index < -0.39 is 0 Å². The molecule has 2 rings (SSSR count). The van der Waals surface area contributed by atoms with Crippen LogP contribution in [0.1, 0.15) is 40.5 Å². The van der Waals surface area contributed by atoms with Gasteiger partial charge in [-0.25, -0.2) is 9.97 Å². The third-order valence-electron chi connectivity index (χ3n) is 3.43. The predicted molar refractivity (Wildman–Crippen MR) is 80.6 cm³/mol. The second kappa shape index (κ2) is 5.76. The highest BCUT2D eigenvalue weighted by Crippen LogP contribution is 2.22. The van der Waals surface area contributed by atoms with E-state index in [1.54, 1.807) is 6.33 Å². The summed E-state index contributed by atoms with van der Waals surface area (Å²) in [6, 6.07) is 2.07. The molecule has 1 aromatic rings. The number of hydrogen-bond acceptors (Lipinski definition) is 4. The van der Waals surface area contributed by atoms with Gasteiger partial charge < -0.3 is 10.2 Å². The molecule has 0 spiro atoms. The van der Waals surface area contributed by atoms with E-state index in [1.165, 1.54) is 12.8 Å². The normalized spacial score (nSPS) is 20.4. The van der Waals surface area contributed by atoms with E-state index in [0.29, 0.717) is 0 Å². The van der Waals surface area contributed by atoms with Gasteiger partial charge in [0.15, 0.2) is 0 Å². The molecule has 0 aliphatic carbocycles. The fraction of sp³-hybridized carbons (Fsp3) is 0.733. The maximum Gasteiger partial charge on any atom is 0.134 e. The molecule has 0 amide bonds. The minimum atomic E-state index is 0.255. The van der Waals surface area contributed by atoms with Gasteiger partial charge in [0.2, 0.25) is 0 Å². The van der Waals surface area contributed by atoms with Crippen LogP contribution in [-0.4, -0.2) is 29.6 Å². The van der Waals surface area contributed by atoms with Crippen LogP contribution < -0.4 is 10.2 Å². The van der Waals surface area contributed by atoms with Gasteiger partial charge in [0.05, 0.1) is 0 Å². The van der Waals surface area contributed by atoms with Gasteiger partial charge in [-0.05, 0) is 24.2 Å². The lowest BCUT2D eigenvalue weighted by molar-refractivity contribution is 0.441. The molecule has 4 nitrogen and oxygen atoms in total. The third kappa shape index (κ3) is 4.37. The maximum absolute atomic E-state index is 4.42. The first-order chi connectivity index (χ1) is 8.94. The smallest absolute Gasteiger partial charge is 0.134 e. The van der Waals surface area contributed by atoms with E-state index in [2.05, 4.69) is 53.9 Å². The molecule has 2 heterocycles. The molecular weight excluding hydrogens is 236 g/mol. The van der Waals surface area contributed by atoms with Crippen LogP contribution in [0.25, 0.3) is 0 Å². The molecule has 1 N–H and O–H groups in total. The van der Waals surface area contributed by atoms with Crippen molar-refractivity contribution in [1.82, 2.24) is 9.97 Å². The largest absolute Gasteiger partial charge is 0.369 e. The molecule has 4 heteroatoms. The molecule has 0 aromatic carbocycles. The van der Waals surface area contributed by atoms with Crippen LogP contribution in [0.3, 0.4) is 0 Å². The molecule has 0 radical (unpaired) electrons. The van der Waals surface area contributed by atoms with E-state index in [9.17, 15) is 0 Å². The lowest BCUT2D eigenvalue weighted by atomic mass is 9.97. The highest BCUT2D eigenvalue weighted by Gasteiger charge is 2.18. The second-order valence-corrected chi connectivity index (χ2v) is 6.87. The Labute approximate surface area is 116 Å². The number of nitrogens with zero attached hydrogens (tertiary/aromatic N) is 3. The highest BCUT2D eigenvalue weighted by atomic mass is 15.2. The zero-order chi connectivity index (χ0) is 13.9. The fourth-order valence-corrected chi connectivity index (χ4v) is 2.37. The van der Waals surface area contributed by atoms with E-state index >= 15 is 0 Å². The first kappa shape index (κ1) is 14.1. The van der Waals surface area contributed by atoms with Crippen molar-refractivity contribution in [2.75, 3.05) is 29.9 Å². The average molecular weight is 262 g/mol. The number of anilines is 2. The van der Waals surface area contributed by atoms with E-state index in [-0.39, 0.29) is 5.41 Å².